The van der Waals surface area contributed by atoms with E-state index in [1.54, 1.807) is 42.3 Å². The van der Waals surface area contributed by atoms with E-state index in [-0.39, 0.29) is 30.5 Å². The third-order valence-corrected chi connectivity index (χ3v) is 4.31. The molecule has 2 aromatic rings. The number of phenols is 1. The number of hydrogen-bond donors (Lipinski definition) is 2. The maximum atomic E-state index is 12.5. The summed E-state index contributed by atoms with van der Waals surface area (Å²) in [5.74, 6) is 0.412. The number of methoxy groups -OCH3 is 2. The highest BCUT2D eigenvalue weighted by Gasteiger charge is 2.36. The molecule has 7 nitrogen and oxygen atoms in total. The average Bonchev–Trinajstić information content (AvgIpc) is 3.04. The van der Waals surface area contributed by atoms with E-state index in [1.165, 1.54) is 19.2 Å². The maximum Gasteiger partial charge on any atom is 0.229 e. The van der Waals surface area contributed by atoms with Gasteiger partial charge in [-0.1, -0.05) is 0 Å². The number of benzene rings is 2. The highest BCUT2D eigenvalue weighted by molar-refractivity contribution is 6.04. The van der Waals surface area contributed by atoms with Gasteiger partial charge in [0.05, 0.1) is 25.8 Å². The zero-order valence-corrected chi connectivity index (χ0v) is 14.6. The number of phenolic OH excluding ortho intramolecular Hbond substituents is 1. The molecule has 1 heterocycles. The Labute approximate surface area is 151 Å². The molecule has 1 aliphatic heterocycles. The molecule has 26 heavy (non-hydrogen) atoms. The minimum Gasteiger partial charge on any atom is -0.508 e. The second-order valence-electron chi connectivity index (χ2n) is 5.98. The number of ether oxygens (including phenoxy) is 2. The van der Waals surface area contributed by atoms with Crippen LogP contribution in [0.4, 0.5) is 11.4 Å². The normalized spacial score (nSPS) is 16.5. The summed E-state index contributed by atoms with van der Waals surface area (Å²) in [7, 11) is 3.08. The van der Waals surface area contributed by atoms with Crippen molar-refractivity contribution in [3.8, 4) is 17.2 Å². The average molecular weight is 356 g/mol. The number of anilines is 2. The summed E-state index contributed by atoms with van der Waals surface area (Å²) < 4.78 is 10.5. The van der Waals surface area contributed by atoms with Crippen LogP contribution in [0.1, 0.15) is 6.42 Å². The summed E-state index contributed by atoms with van der Waals surface area (Å²) in [4.78, 5) is 26.5. The third kappa shape index (κ3) is 3.56. The lowest BCUT2D eigenvalue weighted by Gasteiger charge is -2.20. The maximum absolute atomic E-state index is 12.5. The van der Waals surface area contributed by atoms with Crippen molar-refractivity contribution in [2.75, 3.05) is 31.0 Å². The molecule has 136 valence electrons. The second kappa shape index (κ2) is 7.35. The fourth-order valence-corrected chi connectivity index (χ4v) is 2.91. The van der Waals surface area contributed by atoms with E-state index in [1.807, 2.05) is 0 Å². The van der Waals surface area contributed by atoms with E-state index in [4.69, 9.17) is 9.47 Å². The molecule has 0 radical (unpaired) electrons. The smallest absolute Gasteiger partial charge is 0.229 e. The predicted molar refractivity (Wildman–Crippen MR) is 96.7 cm³/mol. The molecule has 1 atom stereocenters. The first kappa shape index (κ1) is 17.6. The Morgan fingerprint density at radius 1 is 1.15 bits per heavy atom. The minimum absolute atomic E-state index is 0.122. The highest BCUT2D eigenvalue weighted by atomic mass is 16.5. The zero-order chi connectivity index (χ0) is 18.7. The Bertz CT molecular complexity index is 819. The quantitative estimate of drug-likeness (QED) is 0.803. The van der Waals surface area contributed by atoms with Crippen LogP contribution < -0.4 is 19.7 Å². The zero-order valence-electron chi connectivity index (χ0n) is 14.6. The number of carbonyl (C=O) groups excluding carboxylic acids is 2. The number of rotatable bonds is 5. The van der Waals surface area contributed by atoms with Crippen LogP contribution in [0, 0.1) is 5.92 Å². The Kier molecular flexibility index (Phi) is 4.97. The van der Waals surface area contributed by atoms with Gasteiger partial charge in [0.2, 0.25) is 11.8 Å². The Morgan fingerprint density at radius 3 is 2.54 bits per heavy atom. The molecule has 0 aromatic heterocycles. The van der Waals surface area contributed by atoms with Crippen molar-refractivity contribution in [1.29, 1.82) is 0 Å². The van der Waals surface area contributed by atoms with Crippen molar-refractivity contribution in [1.82, 2.24) is 0 Å². The number of carbonyl (C=O) groups is 2. The van der Waals surface area contributed by atoms with Crippen molar-refractivity contribution >= 4 is 23.2 Å². The lowest BCUT2D eigenvalue weighted by Crippen LogP contribution is -2.28. The standard InChI is InChI=1S/C19H20N2O5/c1-25-15-7-8-16(17(10-15)26-2)21-11-12(9-18(21)23)19(24)20-13-3-5-14(22)6-4-13/h3-8,10,12,22H,9,11H2,1-2H3,(H,20,24). The van der Waals surface area contributed by atoms with Gasteiger partial charge in [-0.2, -0.15) is 0 Å². The lowest BCUT2D eigenvalue weighted by atomic mass is 10.1. The number of aromatic hydroxyl groups is 1. The van der Waals surface area contributed by atoms with E-state index in [2.05, 4.69) is 5.32 Å². The van der Waals surface area contributed by atoms with Gasteiger partial charge in [0, 0.05) is 24.7 Å². The number of nitrogens with zero attached hydrogens (tertiary/aromatic N) is 1. The predicted octanol–water partition coefficient (Wildman–Crippen LogP) is 2.40. The fraction of sp³-hybridized carbons (Fsp3) is 0.263. The Morgan fingerprint density at radius 2 is 1.88 bits per heavy atom. The molecule has 1 saturated heterocycles. The van der Waals surface area contributed by atoms with Crippen LogP contribution in [-0.2, 0) is 9.59 Å². The third-order valence-electron chi connectivity index (χ3n) is 4.31. The Balaban J connectivity index is 1.74. The largest absolute Gasteiger partial charge is 0.508 e. The van der Waals surface area contributed by atoms with Crippen molar-refractivity contribution in [3.05, 3.63) is 42.5 Å². The second-order valence-corrected chi connectivity index (χ2v) is 5.98. The van der Waals surface area contributed by atoms with E-state index in [0.717, 1.165) is 0 Å². The van der Waals surface area contributed by atoms with E-state index in [0.29, 0.717) is 22.9 Å². The van der Waals surface area contributed by atoms with Crippen molar-refractivity contribution in [2.24, 2.45) is 5.92 Å². The minimum atomic E-state index is -0.469. The van der Waals surface area contributed by atoms with Crippen LogP contribution in [0.15, 0.2) is 42.5 Å². The monoisotopic (exact) mass is 356 g/mol. The first-order valence-corrected chi connectivity index (χ1v) is 8.14. The molecule has 1 fully saturated rings. The molecule has 2 amide bonds. The molecule has 0 bridgehead atoms. The molecule has 0 saturated carbocycles. The lowest BCUT2D eigenvalue weighted by molar-refractivity contribution is -0.122. The Hall–Kier alpha value is -3.22. The van der Waals surface area contributed by atoms with Crippen LogP contribution in [-0.4, -0.2) is 37.7 Å². The van der Waals surface area contributed by atoms with Gasteiger partial charge in [-0.05, 0) is 36.4 Å². The number of hydrogen-bond acceptors (Lipinski definition) is 5. The summed E-state index contributed by atoms with van der Waals surface area (Å²) in [6.07, 6.45) is 0.124. The molecule has 1 aliphatic rings. The number of nitrogens with one attached hydrogen (secondary N) is 1. The van der Waals surface area contributed by atoms with Gasteiger partial charge in [0.25, 0.3) is 0 Å². The fourth-order valence-electron chi connectivity index (χ4n) is 2.91. The van der Waals surface area contributed by atoms with Gasteiger partial charge < -0.3 is 24.8 Å². The summed E-state index contributed by atoms with van der Waals surface area (Å²) >= 11 is 0. The molecular weight excluding hydrogens is 336 g/mol. The van der Waals surface area contributed by atoms with Crippen LogP contribution >= 0.6 is 0 Å². The summed E-state index contributed by atoms with van der Waals surface area (Å²) in [6.45, 7) is 0.269. The SMILES string of the molecule is COc1ccc(N2CC(C(=O)Nc3ccc(O)cc3)CC2=O)c(OC)c1. The first-order chi connectivity index (χ1) is 12.5. The van der Waals surface area contributed by atoms with Crippen LogP contribution in [0.2, 0.25) is 0 Å². The summed E-state index contributed by atoms with van der Waals surface area (Å²) in [5.41, 5.74) is 1.18. The van der Waals surface area contributed by atoms with Gasteiger partial charge in [-0.3, -0.25) is 9.59 Å². The van der Waals surface area contributed by atoms with Gasteiger partial charge in [-0.25, -0.2) is 0 Å². The van der Waals surface area contributed by atoms with E-state index in [9.17, 15) is 14.7 Å². The topological polar surface area (TPSA) is 88.1 Å². The van der Waals surface area contributed by atoms with Crippen LogP contribution in [0.25, 0.3) is 0 Å². The first-order valence-electron chi connectivity index (χ1n) is 8.14. The van der Waals surface area contributed by atoms with Crippen molar-refractivity contribution < 1.29 is 24.2 Å². The molecular formula is C19H20N2O5. The molecule has 0 aliphatic carbocycles. The van der Waals surface area contributed by atoms with Crippen LogP contribution in [0.5, 0.6) is 17.2 Å². The van der Waals surface area contributed by atoms with Crippen LogP contribution in [0.3, 0.4) is 0 Å². The molecule has 2 N–H and O–H groups in total. The van der Waals surface area contributed by atoms with Gasteiger partial charge in [0.1, 0.15) is 17.2 Å². The molecule has 0 spiro atoms. The van der Waals surface area contributed by atoms with E-state index >= 15 is 0 Å². The molecule has 2 aromatic carbocycles. The van der Waals surface area contributed by atoms with Crippen molar-refractivity contribution in [2.45, 2.75) is 6.42 Å². The van der Waals surface area contributed by atoms with Gasteiger partial charge in [-0.15, -0.1) is 0 Å². The summed E-state index contributed by atoms with van der Waals surface area (Å²) in [5, 5.41) is 12.1. The molecule has 1 unspecified atom stereocenters. The number of amides is 2. The van der Waals surface area contributed by atoms with E-state index < -0.39 is 5.92 Å². The van der Waals surface area contributed by atoms with Gasteiger partial charge >= 0.3 is 0 Å². The van der Waals surface area contributed by atoms with Crippen molar-refractivity contribution in [3.63, 3.8) is 0 Å². The van der Waals surface area contributed by atoms with Gasteiger partial charge in [0.15, 0.2) is 0 Å². The molecule has 3 rings (SSSR count). The highest BCUT2D eigenvalue weighted by Crippen LogP contribution is 2.36. The molecule has 7 heteroatoms. The summed E-state index contributed by atoms with van der Waals surface area (Å²) in [6, 6.07) is 11.4.